The van der Waals surface area contributed by atoms with Crippen LogP contribution >= 0.6 is 15.9 Å². The number of amides is 2. The van der Waals surface area contributed by atoms with Crippen molar-refractivity contribution in [2.45, 2.75) is 0 Å². The van der Waals surface area contributed by atoms with Crippen LogP contribution in [0.4, 0.5) is 10.1 Å². The molecule has 0 bridgehead atoms. The Balaban J connectivity index is 1.69. The van der Waals surface area contributed by atoms with Gasteiger partial charge in [-0.2, -0.15) is 5.10 Å². The number of nitrogens with zero attached hydrogens (tertiary/aromatic N) is 1. The number of halogens is 2. The van der Waals surface area contributed by atoms with Gasteiger partial charge in [-0.05, 0) is 60.7 Å². The highest BCUT2D eigenvalue weighted by Crippen LogP contribution is 2.29. The molecule has 0 unspecified atom stereocenters. The van der Waals surface area contributed by atoms with Crippen molar-refractivity contribution in [3.8, 4) is 17.2 Å². The van der Waals surface area contributed by atoms with Gasteiger partial charge < -0.3 is 19.5 Å². The van der Waals surface area contributed by atoms with Crippen molar-refractivity contribution < 1.29 is 33.0 Å². The van der Waals surface area contributed by atoms with Gasteiger partial charge in [-0.25, -0.2) is 14.6 Å². The van der Waals surface area contributed by atoms with Crippen LogP contribution in [0.3, 0.4) is 0 Å². The molecule has 0 heterocycles. The Morgan fingerprint density at radius 2 is 1.57 bits per heavy atom. The Morgan fingerprint density at radius 1 is 0.886 bits per heavy atom. The molecule has 9 nitrogen and oxygen atoms in total. The molecule has 3 aromatic carbocycles. The van der Waals surface area contributed by atoms with Crippen LogP contribution < -0.4 is 25.0 Å². The molecule has 0 saturated heterocycles. The van der Waals surface area contributed by atoms with E-state index in [2.05, 4.69) is 31.8 Å². The molecule has 35 heavy (non-hydrogen) atoms. The zero-order valence-corrected chi connectivity index (χ0v) is 20.1. The average molecular weight is 544 g/mol. The summed E-state index contributed by atoms with van der Waals surface area (Å²) in [4.78, 5) is 36.6. The fourth-order valence-electron chi connectivity index (χ4n) is 2.77. The van der Waals surface area contributed by atoms with Crippen LogP contribution in [-0.2, 0) is 9.59 Å². The second-order valence-electron chi connectivity index (χ2n) is 6.80. The lowest BCUT2D eigenvalue weighted by Crippen LogP contribution is -2.32. The van der Waals surface area contributed by atoms with Gasteiger partial charge in [-0.3, -0.25) is 9.59 Å². The standard InChI is InChI=1S/C24H19BrFN3O6/c1-33-20-9-3-14(12-21(20)34-2)24(32)35-19-10-4-16(25)11-15(19)13-27-29-23(31)22(30)28-18-7-5-17(26)6-8-18/h3-13H,1-2H3,(H,28,30)(H,29,31)/b27-13-. The minimum absolute atomic E-state index is 0.154. The van der Waals surface area contributed by atoms with E-state index < -0.39 is 23.6 Å². The van der Waals surface area contributed by atoms with Crippen LogP contribution in [0.1, 0.15) is 15.9 Å². The lowest BCUT2D eigenvalue weighted by atomic mass is 10.2. The monoisotopic (exact) mass is 543 g/mol. The average Bonchev–Trinajstić information content (AvgIpc) is 2.86. The Kier molecular flexibility index (Phi) is 8.52. The van der Waals surface area contributed by atoms with E-state index in [-0.39, 0.29) is 17.0 Å². The third-order valence-electron chi connectivity index (χ3n) is 4.47. The van der Waals surface area contributed by atoms with Crippen LogP contribution in [0, 0.1) is 5.82 Å². The van der Waals surface area contributed by atoms with Crippen LogP contribution in [0.5, 0.6) is 17.2 Å². The van der Waals surface area contributed by atoms with Gasteiger partial charge in [-0.1, -0.05) is 15.9 Å². The van der Waals surface area contributed by atoms with E-state index in [4.69, 9.17) is 14.2 Å². The summed E-state index contributed by atoms with van der Waals surface area (Å²) in [6, 6.07) is 14.3. The third kappa shape index (κ3) is 6.87. The highest BCUT2D eigenvalue weighted by molar-refractivity contribution is 9.10. The molecule has 2 N–H and O–H groups in total. The number of methoxy groups -OCH3 is 2. The summed E-state index contributed by atoms with van der Waals surface area (Å²) >= 11 is 3.32. The number of hydrogen-bond acceptors (Lipinski definition) is 7. The Hall–Kier alpha value is -4.25. The van der Waals surface area contributed by atoms with Gasteiger partial charge in [-0.15, -0.1) is 0 Å². The van der Waals surface area contributed by atoms with Crippen molar-refractivity contribution in [2.24, 2.45) is 5.10 Å². The zero-order chi connectivity index (χ0) is 25.4. The van der Waals surface area contributed by atoms with Crippen molar-refractivity contribution in [2.75, 3.05) is 19.5 Å². The second-order valence-corrected chi connectivity index (χ2v) is 7.72. The maximum atomic E-state index is 13.0. The predicted molar refractivity (Wildman–Crippen MR) is 129 cm³/mol. The Bertz CT molecular complexity index is 1280. The van der Waals surface area contributed by atoms with Gasteiger partial charge in [0.05, 0.1) is 26.0 Å². The summed E-state index contributed by atoms with van der Waals surface area (Å²) in [5, 5.41) is 6.07. The normalized spacial score (nSPS) is 10.5. The van der Waals surface area contributed by atoms with Gasteiger partial charge in [0.2, 0.25) is 0 Å². The number of anilines is 1. The smallest absolute Gasteiger partial charge is 0.343 e. The van der Waals surface area contributed by atoms with Crippen molar-refractivity contribution in [1.29, 1.82) is 0 Å². The largest absolute Gasteiger partial charge is 0.493 e. The van der Waals surface area contributed by atoms with Crippen molar-refractivity contribution in [3.05, 3.63) is 82.1 Å². The number of esters is 1. The summed E-state index contributed by atoms with van der Waals surface area (Å²) in [5.41, 5.74) is 2.88. The van der Waals surface area contributed by atoms with Crippen molar-refractivity contribution >= 4 is 45.6 Å². The van der Waals surface area contributed by atoms with Gasteiger partial charge in [0.25, 0.3) is 0 Å². The minimum Gasteiger partial charge on any atom is -0.493 e. The van der Waals surface area contributed by atoms with Crippen molar-refractivity contribution in [1.82, 2.24) is 5.43 Å². The number of carbonyl (C=O) groups is 3. The molecule has 2 amide bonds. The third-order valence-corrected chi connectivity index (χ3v) is 4.97. The topological polar surface area (TPSA) is 115 Å². The summed E-state index contributed by atoms with van der Waals surface area (Å²) in [7, 11) is 2.93. The summed E-state index contributed by atoms with van der Waals surface area (Å²) in [5.74, 6) is -2.21. The molecule has 3 aromatic rings. The van der Waals surface area contributed by atoms with Crippen LogP contribution in [0.15, 0.2) is 70.2 Å². The van der Waals surface area contributed by atoms with Gasteiger partial charge in [0.15, 0.2) is 11.5 Å². The Labute approximate surface area is 208 Å². The fraction of sp³-hybridized carbons (Fsp3) is 0.0833. The molecule has 0 radical (unpaired) electrons. The first-order valence-electron chi connectivity index (χ1n) is 9.94. The number of hydrogen-bond donors (Lipinski definition) is 2. The van der Waals surface area contributed by atoms with Crippen LogP contribution in [0.25, 0.3) is 0 Å². The SMILES string of the molecule is COc1ccc(C(=O)Oc2ccc(Br)cc2/C=N\NC(=O)C(=O)Nc2ccc(F)cc2)cc1OC. The maximum Gasteiger partial charge on any atom is 0.343 e. The van der Waals surface area contributed by atoms with Crippen molar-refractivity contribution in [3.63, 3.8) is 0 Å². The van der Waals surface area contributed by atoms with Gasteiger partial charge in [0.1, 0.15) is 11.6 Å². The molecule has 0 saturated carbocycles. The molecule has 0 aromatic heterocycles. The highest BCUT2D eigenvalue weighted by atomic mass is 79.9. The van der Waals surface area contributed by atoms with Crippen LogP contribution in [-0.4, -0.2) is 38.2 Å². The molecule has 0 fully saturated rings. The van der Waals surface area contributed by atoms with E-state index in [1.165, 1.54) is 50.8 Å². The second kappa shape index (κ2) is 11.7. The van der Waals surface area contributed by atoms with E-state index in [1.54, 1.807) is 18.2 Å². The predicted octanol–water partition coefficient (Wildman–Crippen LogP) is 3.91. The quantitative estimate of drug-likeness (QED) is 0.153. The highest BCUT2D eigenvalue weighted by Gasteiger charge is 2.16. The number of hydrazone groups is 1. The van der Waals surface area contributed by atoms with Gasteiger partial charge in [0, 0.05) is 15.7 Å². The summed E-state index contributed by atoms with van der Waals surface area (Å²) < 4.78 is 29.5. The van der Waals surface area contributed by atoms with Crippen LogP contribution in [0.2, 0.25) is 0 Å². The van der Waals surface area contributed by atoms with E-state index in [0.717, 1.165) is 12.1 Å². The molecule has 0 aliphatic carbocycles. The first-order chi connectivity index (χ1) is 16.8. The lowest BCUT2D eigenvalue weighted by molar-refractivity contribution is -0.136. The number of carbonyl (C=O) groups excluding carboxylic acids is 3. The molecule has 0 spiro atoms. The number of rotatable bonds is 7. The molecule has 0 aliphatic heterocycles. The lowest BCUT2D eigenvalue weighted by Gasteiger charge is -2.11. The van der Waals surface area contributed by atoms with E-state index in [9.17, 15) is 18.8 Å². The molecule has 0 aliphatic rings. The molecule has 3 rings (SSSR count). The first kappa shape index (κ1) is 25.4. The molecule has 180 valence electrons. The summed E-state index contributed by atoms with van der Waals surface area (Å²) in [6.45, 7) is 0. The van der Waals surface area contributed by atoms with Gasteiger partial charge >= 0.3 is 17.8 Å². The summed E-state index contributed by atoms with van der Waals surface area (Å²) in [6.07, 6.45) is 1.21. The van der Waals surface area contributed by atoms with E-state index in [0.29, 0.717) is 21.5 Å². The molecule has 11 heteroatoms. The van der Waals surface area contributed by atoms with E-state index >= 15 is 0 Å². The molecule has 0 atom stereocenters. The number of benzene rings is 3. The molecular formula is C24H19BrFN3O6. The minimum atomic E-state index is -1.05. The first-order valence-corrected chi connectivity index (χ1v) is 10.7. The van der Waals surface area contributed by atoms with E-state index in [1.807, 2.05) is 0 Å². The zero-order valence-electron chi connectivity index (χ0n) is 18.5. The molecular weight excluding hydrogens is 525 g/mol. The fourth-order valence-corrected chi connectivity index (χ4v) is 3.15. The maximum absolute atomic E-state index is 13.0. The Morgan fingerprint density at radius 3 is 2.26 bits per heavy atom. The number of ether oxygens (including phenoxy) is 3. The number of nitrogens with one attached hydrogen (secondary N) is 2.